The number of isocyanates is 2. The third-order valence-electron chi connectivity index (χ3n) is 2.92. The van der Waals surface area contributed by atoms with Crippen LogP contribution >= 0.6 is 0 Å². The molecule has 15 heavy (non-hydrogen) atoms. The molecule has 1 atom stereocenters. The SMILES string of the molecule is CC(CN=C=O)C(C)(C)CCCN=C=O. The summed E-state index contributed by atoms with van der Waals surface area (Å²) in [6.45, 7) is 7.35. The zero-order chi connectivity index (χ0) is 11.7. The number of rotatable bonds is 7. The molecule has 0 aromatic rings. The Morgan fingerprint density at radius 1 is 1.20 bits per heavy atom. The fourth-order valence-electron chi connectivity index (χ4n) is 1.33. The second-order valence-electron chi connectivity index (χ2n) is 4.40. The molecule has 0 fully saturated rings. The number of hydrogen-bond donors (Lipinski definition) is 0. The first-order valence-corrected chi connectivity index (χ1v) is 5.12. The molecule has 4 heteroatoms. The first-order chi connectivity index (χ1) is 7.04. The van der Waals surface area contributed by atoms with Gasteiger partial charge in [0.25, 0.3) is 0 Å². The lowest BCUT2D eigenvalue weighted by molar-refractivity contribution is 0.214. The molecule has 0 radical (unpaired) electrons. The normalized spacial score (nSPS) is 12.5. The van der Waals surface area contributed by atoms with E-state index >= 15 is 0 Å². The zero-order valence-electron chi connectivity index (χ0n) is 9.62. The molecular formula is C11H18N2O2. The van der Waals surface area contributed by atoms with Crippen LogP contribution in [0, 0.1) is 11.3 Å². The highest BCUT2D eigenvalue weighted by Crippen LogP contribution is 2.31. The molecule has 0 aromatic carbocycles. The van der Waals surface area contributed by atoms with Gasteiger partial charge in [-0.1, -0.05) is 20.8 Å². The van der Waals surface area contributed by atoms with Crippen LogP contribution in [0.15, 0.2) is 9.98 Å². The van der Waals surface area contributed by atoms with Gasteiger partial charge in [0.1, 0.15) is 0 Å². The topological polar surface area (TPSA) is 58.9 Å². The second-order valence-corrected chi connectivity index (χ2v) is 4.40. The molecule has 0 heterocycles. The first kappa shape index (κ1) is 13.8. The fraction of sp³-hybridized carbons (Fsp3) is 0.818. The molecule has 0 aliphatic rings. The standard InChI is InChI=1S/C11H18N2O2/c1-10(7-13-9-15)11(2,3)5-4-6-12-8-14/h10H,4-7H2,1-3H3. The lowest BCUT2D eigenvalue weighted by Crippen LogP contribution is -2.24. The van der Waals surface area contributed by atoms with Crippen molar-refractivity contribution in [3.8, 4) is 0 Å². The quantitative estimate of drug-likeness (QED) is 0.367. The second kappa shape index (κ2) is 7.10. The van der Waals surface area contributed by atoms with E-state index in [2.05, 4.69) is 30.8 Å². The van der Waals surface area contributed by atoms with Crippen LogP contribution < -0.4 is 0 Å². The molecule has 0 spiro atoms. The molecule has 84 valence electrons. The van der Waals surface area contributed by atoms with Crippen LogP contribution in [-0.4, -0.2) is 25.2 Å². The van der Waals surface area contributed by atoms with Crippen LogP contribution in [0.2, 0.25) is 0 Å². The minimum Gasteiger partial charge on any atom is -0.211 e. The summed E-state index contributed by atoms with van der Waals surface area (Å²) in [6.07, 6.45) is 4.89. The van der Waals surface area contributed by atoms with Gasteiger partial charge < -0.3 is 0 Å². The summed E-state index contributed by atoms with van der Waals surface area (Å²) < 4.78 is 0. The Labute approximate surface area is 90.5 Å². The minimum absolute atomic E-state index is 0.0960. The smallest absolute Gasteiger partial charge is 0.211 e. The van der Waals surface area contributed by atoms with Crippen molar-refractivity contribution in [2.45, 2.75) is 33.6 Å². The third kappa shape index (κ3) is 5.95. The maximum absolute atomic E-state index is 9.99. The summed E-state index contributed by atoms with van der Waals surface area (Å²) in [5.41, 5.74) is 0.0960. The zero-order valence-corrected chi connectivity index (χ0v) is 9.62. The Morgan fingerprint density at radius 3 is 2.33 bits per heavy atom. The summed E-state index contributed by atoms with van der Waals surface area (Å²) in [6, 6.07) is 0. The van der Waals surface area contributed by atoms with E-state index in [4.69, 9.17) is 0 Å². The van der Waals surface area contributed by atoms with Gasteiger partial charge in [-0.2, -0.15) is 0 Å². The molecule has 0 aliphatic carbocycles. The highest BCUT2D eigenvalue weighted by molar-refractivity contribution is 5.33. The average molecular weight is 210 g/mol. The summed E-state index contributed by atoms with van der Waals surface area (Å²) in [4.78, 5) is 26.9. The maximum atomic E-state index is 9.99. The summed E-state index contributed by atoms with van der Waals surface area (Å²) in [5.74, 6) is 0.319. The molecule has 0 rings (SSSR count). The van der Waals surface area contributed by atoms with Gasteiger partial charge in [-0.3, -0.25) is 0 Å². The van der Waals surface area contributed by atoms with Gasteiger partial charge in [0.2, 0.25) is 12.2 Å². The van der Waals surface area contributed by atoms with Crippen molar-refractivity contribution in [1.82, 2.24) is 0 Å². The molecule has 0 N–H and O–H groups in total. The van der Waals surface area contributed by atoms with Gasteiger partial charge in [-0.25, -0.2) is 19.6 Å². The van der Waals surface area contributed by atoms with Crippen molar-refractivity contribution in [3.63, 3.8) is 0 Å². The van der Waals surface area contributed by atoms with E-state index in [1.807, 2.05) is 0 Å². The number of aliphatic imine (C=N–C) groups is 2. The molecule has 4 nitrogen and oxygen atoms in total. The van der Waals surface area contributed by atoms with Gasteiger partial charge in [0, 0.05) is 0 Å². The molecule has 0 bridgehead atoms. The number of nitrogens with zero attached hydrogens (tertiary/aromatic N) is 2. The lowest BCUT2D eigenvalue weighted by atomic mass is 9.76. The van der Waals surface area contributed by atoms with E-state index in [0.29, 0.717) is 19.0 Å². The van der Waals surface area contributed by atoms with E-state index in [1.54, 1.807) is 6.08 Å². The Balaban J connectivity index is 4.02. The van der Waals surface area contributed by atoms with E-state index < -0.39 is 0 Å². The van der Waals surface area contributed by atoms with Crippen LogP contribution in [0.3, 0.4) is 0 Å². The predicted octanol–water partition coefficient (Wildman–Crippen LogP) is 2.10. The van der Waals surface area contributed by atoms with Crippen LogP contribution in [0.1, 0.15) is 33.6 Å². The molecule has 0 saturated heterocycles. The van der Waals surface area contributed by atoms with E-state index in [9.17, 15) is 9.59 Å². The Bertz CT molecular complexity index is 274. The fourth-order valence-corrected chi connectivity index (χ4v) is 1.33. The molecular weight excluding hydrogens is 192 g/mol. The molecule has 0 amide bonds. The first-order valence-electron chi connectivity index (χ1n) is 5.12. The Kier molecular flexibility index (Phi) is 6.52. The van der Waals surface area contributed by atoms with Crippen molar-refractivity contribution in [3.05, 3.63) is 0 Å². The van der Waals surface area contributed by atoms with Crippen molar-refractivity contribution >= 4 is 12.2 Å². The van der Waals surface area contributed by atoms with Gasteiger partial charge in [-0.05, 0) is 24.2 Å². The summed E-state index contributed by atoms with van der Waals surface area (Å²) in [7, 11) is 0. The van der Waals surface area contributed by atoms with Gasteiger partial charge >= 0.3 is 0 Å². The molecule has 0 aliphatic heterocycles. The van der Waals surface area contributed by atoms with Crippen LogP contribution in [0.4, 0.5) is 0 Å². The van der Waals surface area contributed by atoms with Crippen molar-refractivity contribution in [2.24, 2.45) is 21.3 Å². The van der Waals surface area contributed by atoms with Gasteiger partial charge in [0.05, 0.1) is 13.1 Å². The number of carbonyl (C=O) groups excluding carboxylic acids is 2. The highest BCUT2D eigenvalue weighted by Gasteiger charge is 2.24. The predicted molar refractivity (Wildman–Crippen MR) is 58.2 cm³/mol. The highest BCUT2D eigenvalue weighted by atomic mass is 16.1. The summed E-state index contributed by atoms with van der Waals surface area (Å²) >= 11 is 0. The summed E-state index contributed by atoms with van der Waals surface area (Å²) in [5, 5.41) is 0. The molecule has 0 aromatic heterocycles. The molecule has 1 unspecified atom stereocenters. The lowest BCUT2D eigenvalue weighted by Gasteiger charge is -2.30. The van der Waals surface area contributed by atoms with Crippen molar-refractivity contribution in [1.29, 1.82) is 0 Å². The largest absolute Gasteiger partial charge is 0.234 e. The van der Waals surface area contributed by atoms with E-state index in [0.717, 1.165) is 12.8 Å². The van der Waals surface area contributed by atoms with Crippen LogP contribution in [0.25, 0.3) is 0 Å². The van der Waals surface area contributed by atoms with Gasteiger partial charge in [0.15, 0.2) is 0 Å². The Hall–Kier alpha value is -1.24. The monoisotopic (exact) mass is 210 g/mol. The van der Waals surface area contributed by atoms with Crippen molar-refractivity contribution < 1.29 is 9.59 Å². The van der Waals surface area contributed by atoms with E-state index in [-0.39, 0.29) is 5.41 Å². The van der Waals surface area contributed by atoms with Crippen LogP contribution in [0.5, 0.6) is 0 Å². The maximum Gasteiger partial charge on any atom is 0.234 e. The number of hydrogen-bond acceptors (Lipinski definition) is 4. The van der Waals surface area contributed by atoms with Crippen molar-refractivity contribution in [2.75, 3.05) is 13.1 Å². The third-order valence-corrected chi connectivity index (χ3v) is 2.92. The van der Waals surface area contributed by atoms with E-state index in [1.165, 1.54) is 6.08 Å². The van der Waals surface area contributed by atoms with Crippen LogP contribution in [-0.2, 0) is 9.59 Å². The minimum atomic E-state index is 0.0960. The molecule has 0 saturated carbocycles. The Morgan fingerprint density at radius 2 is 1.80 bits per heavy atom. The average Bonchev–Trinajstić information content (AvgIpc) is 2.21. The van der Waals surface area contributed by atoms with Gasteiger partial charge in [-0.15, -0.1) is 0 Å².